The van der Waals surface area contributed by atoms with Crippen LogP contribution in [0.4, 0.5) is 0 Å². The van der Waals surface area contributed by atoms with Gasteiger partial charge in [0.05, 0.1) is 0 Å². The Morgan fingerprint density at radius 3 is 2.69 bits per heavy atom. The Kier molecular flexibility index (Phi) is 5.16. The van der Waals surface area contributed by atoms with Crippen molar-refractivity contribution in [1.82, 2.24) is 19.4 Å². The lowest BCUT2D eigenvalue weighted by Crippen LogP contribution is -2.55. The summed E-state index contributed by atoms with van der Waals surface area (Å²) in [6, 6.07) is 1.82. The molecule has 0 aliphatic carbocycles. The van der Waals surface area contributed by atoms with Gasteiger partial charge < -0.3 is 9.80 Å². The Balaban J connectivity index is 1.73. The van der Waals surface area contributed by atoms with Crippen LogP contribution < -0.4 is 5.69 Å². The zero-order valence-electron chi connectivity index (χ0n) is 16.0. The van der Waals surface area contributed by atoms with Gasteiger partial charge in [-0.25, -0.2) is 4.79 Å². The molecule has 3 heterocycles. The van der Waals surface area contributed by atoms with E-state index in [0.717, 1.165) is 38.0 Å². The molecule has 1 aromatic rings. The first-order valence-electron chi connectivity index (χ1n) is 9.44. The number of rotatable bonds is 3. The summed E-state index contributed by atoms with van der Waals surface area (Å²) in [4.78, 5) is 44.7. The summed E-state index contributed by atoms with van der Waals surface area (Å²) < 4.78 is 1.44. The van der Waals surface area contributed by atoms with Gasteiger partial charge in [-0.2, -0.15) is 4.98 Å². The molecule has 1 spiro atoms. The number of hydrogen-bond donors (Lipinski definition) is 0. The lowest BCUT2D eigenvalue weighted by Gasteiger charge is -2.48. The van der Waals surface area contributed by atoms with E-state index < -0.39 is 0 Å². The second-order valence-corrected chi connectivity index (χ2v) is 7.73. The molecule has 0 aromatic carbocycles. The number of aromatic nitrogens is 2. The first-order valence-corrected chi connectivity index (χ1v) is 9.44. The van der Waals surface area contributed by atoms with Crippen LogP contribution in [0.15, 0.2) is 10.9 Å². The third-order valence-corrected chi connectivity index (χ3v) is 5.78. The number of likely N-dealkylation sites (tertiary alicyclic amines) is 2. The van der Waals surface area contributed by atoms with Crippen LogP contribution in [0.3, 0.4) is 0 Å². The molecular formula is C19H28N4O3. The van der Waals surface area contributed by atoms with Crippen molar-refractivity contribution in [2.24, 2.45) is 5.41 Å². The summed E-state index contributed by atoms with van der Waals surface area (Å²) in [5, 5.41) is 0. The molecule has 2 aliphatic rings. The average Bonchev–Trinajstić information content (AvgIpc) is 2.60. The highest BCUT2D eigenvalue weighted by Gasteiger charge is 2.42. The Bertz CT molecular complexity index is 773. The average molecular weight is 360 g/mol. The van der Waals surface area contributed by atoms with Gasteiger partial charge in [0, 0.05) is 49.4 Å². The number of carbonyl (C=O) groups excluding carboxylic acids is 2. The van der Waals surface area contributed by atoms with Crippen LogP contribution in [-0.4, -0.2) is 57.3 Å². The van der Waals surface area contributed by atoms with Crippen LogP contribution in [0.1, 0.15) is 44.0 Å². The smallest absolute Gasteiger partial charge is 0.342 e. The van der Waals surface area contributed by atoms with E-state index in [4.69, 9.17) is 0 Å². The van der Waals surface area contributed by atoms with Crippen molar-refractivity contribution in [2.75, 3.05) is 26.2 Å². The zero-order chi connectivity index (χ0) is 18.9. The molecule has 0 bridgehead atoms. The molecule has 7 nitrogen and oxygen atoms in total. The van der Waals surface area contributed by atoms with E-state index in [9.17, 15) is 14.4 Å². The largest absolute Gasteiger partial charge is 0.348 e. The van der Waals surface area contributed by atoms with Crippen LogP contribution in [0, 0.1) is 19.3 Å². The van der Waals surface area contributed by atoms with Gasteiger partial charge in [-0.05, 0) is 46.1 Å². The molecule has 142 valence electrons. The SMILES string of the molecule is CCN1CC2(CCCN(C(=O)Cn3c(C)cc(C)nc3=O)C2)CCC1=O. The van der Waals surface area contributed by atoms with E-state index in [1.54, 1.807) is 6.92 Å². The highest BCUT2D eigenvalue weighted by Crippen LogP contribution is 2.38. The minimum absolute atomic E-state index is 0.00334. The van der Waals surface area contributed by atoms with Gasteiger partial charge in [0.15, 0.2) is 0 Å². The third-order valence-electron chi connectivity index (χ3n) is 5.78. The van der Waals surface area contributed by atoms with E-state index >= 15 is 0 Å². The molecule has 1 aromatic heterocycles. The minimum Gasteiger partial charge on any atom is -0.342 e. The zero-order valence-corrected chi connectivity index (χ0v) is 16.0. The van der Waals surface area contributed by atoms with Gasteiger partial charge >= 0.3 is 5.69 Å². The fraction of sp³-hybridized carbons (Fsp3) is 0.684. The Morgan fingerprint density at radius 1 is 1.23 bits per heavy atom. The quantitative estimate of drug-likeness (QED) is 0.809. The standard InChI is InChI=1S/C19H28N4O3/c1-4-21-12-19(8-6-16(21)24)7-5-9-22(13-19)17(25)11-23-15(3)10-14(2)20-18(23)26/h10H,4-9,11-13H2,1-3H3. The molecule has 26 heavy (non-hydrogen) atoms. The van der Waals surface area contributed by atoms with Crippen molar-refractivity contribution in [2.45, 2.75) is 53.0 Å². The normalized spacial score (nSPS) is 23.6. The maximum atomic E-state index is 12.9. The van der Waals surface area contributed by atoms with Gasteiger partial charge in [0.2, 0.25) is 11.8 Å². The lowest BCUT2D eigenvalue weighted by atomic mass is 9.73. The molecule has 2 fully saturated rings. The molecular weight excluding hydrogens is 332 g/mol. The Morgan fingerprint density at radius 2 is 2.00 bits per heavy atom. The highest BCUT2D eigenvalue weighted by atomic mass is 16.2. The summed E-state index contributed by atoms with van der Waals surface area (Å²) in [6.07, 6.45) is 3.40. The maximum absolute atomic E-state index is 12.9. The molecule has 0 saturated carbocycles. The molecule has 1 atom stereocenters. The van der Waals surface area contributed by atoms with Gasteiger partial charge in [-0.3, -0.25) is 14.2 Å². The fourth-order valence-electron chi connectivity index (χ4n) is 4.35. The number of aryl methyl sites for hydroxylation is 2. The molecule has 2 saturated heterocycles. The molecule has 7 heteroatoms. The summed E-state index contributed by atoms with van der Waals surface area (Å²) in [6.45, 7) is 8.48. The summed E-state index contributed by atoms with van der Waals surface area (Å²) in [7, 11) is 0. The van der Waals surface area contributed by atoms with Crippen molar-refractivity contribution < 1.29 is 9.59 Å². The van der Waals surface area contributed by atoms with Crippen LogP contribution in [0.2, 0.25) is 0 Å². The number of piperidine rings is 2. The predicted molar refractivity (Wildman–Crippen MR) is 97.7 cm³/mol. The van der Waals surface area contributed by atoms with Crippen LogP contribution in [0.5, 0.6) is 0 Å². The third kappa shape index (κ3) is 3.66. The number of amides is 2. The van der Waals surface area contributed by atoms with E-state index in [1.807, 2.05) is 29.7 Å². The molecule has 0 radical (unpaired) electrons. The second-order valence-electron chi connectivity index (χ2n) is 7.73. The predicted octanol–water partition coefficient (Wildman–Crippen LogP) is 1.11. The molecule has 3 rings (SSSR count). The minimum atomic E-state index is -0.372. The number of hydrogen-bond acceptors (Lipinski definition) is 4. The van der Waals surface area contributed by atoms with Crippen LogP contribution in [0.25, 0.3) is 0 Å². The molecule has 2 amide bonds. The fourth-order valence-corrected chi connectivity index (χ4v) is 4.35. The van der Waals surface area contributed by atoms with Crippen molar-refractivity contribution in [3.8, 4) is 0 Å². The van der Waals surface area contributed by atoms with Gasteiger partial charge in [-0.15, -0.1) is 0 Å². The summed E-state index contributed by atoms with van der Waals surface area (Å²) in [5.74, 6) is 0.175. The van der Waals surface area contributed by atoms with E-state index in [2.05, 4.69) is 4.98 Å². The monoisotopic (exact) mass is 360 g/mol. The van der Waals surface area contributed by atoms with Crippen LogP contribution in [-0.2, 0) is 16.1 Å². The first-order chi connectivity index (χ1) is 12.3. The topological polar surface area (TPSA) is 75.5 Å². The number of nitrogens with zero attached hydrogens (tertiary/aromatic N) is 4. The van der Waals surface area contributed by atoms with E-state index in [-0.39, 0.29) is 29.5 Å². The van der Waals surface area contributed by atoms with E-state index in [0.29, 0.717) is 25.2 Å². The molecule has 0 N–H and O–H groups in total. The molecule has 2 aliphatic heterocycles. The Labute approximate surface area is 154 Å². The van der Waals surface area contributed by atoms with Crippen molar-refractivity contribution in [3.05, 3.63) is 27.9 Å². The van der Waals surface area contributed by atoms with Crippen molar-refractivity contribution in [1.29, 1.82) is 0 Å². The van der Waals surface area contributed by atoms with E-state index in [1.165, 1.54) is 4.57 Å². The number of carbonyl (C=O) groups is 2. The Hall–Kier alpha value is -2.18. The summed E-state index contributed by atoms with van der Waals surface area (Å²) >= 11 is 0. The molecule has 1 unspecified atom stereocenters. The van der Waals surface area contributed by atoms with Crippen LogP contribution >= 0.6 is 0 Å². The lowest BCUT2D eigenvalue weighted by molar-refractivity contribution is -0.143. The van der Waals surface area contributed by atoms with Crippen molar-refractivity contribution in [3.63, 3.8) is 0 Å². The van der Waals surface area contributed by atoms with Crippen molar-refractivity contribution >= 4 is 11.8 Å². The first kappa shape index (κ1) is 18.6. The van der Waals surface area contributed by atoms with Gasteiger partial charge in [0.1, 0.15) is 6.54 Å². The maximum Gasteiger partial charge on any atom is 0.348 e. The van der Waals surface area contributed by atoms with Gasteiger partial charge in [0.25, 0.3) is 0 Å². The van der Waals surface area contributed by atoms with Gasteiger partial charge in [-0.1, -0.05) is 0 Å². The highest BCUT2D eigenvalue weighted by molar-refractivity contribution is 5.78. The second kappa shape index (κ2) is 7.21. The summed E-state index contributed by atoms with van der Waals surface area (Å²) in [5.41, 5.74) is 1.05.